The van der Waals surface area contributed by atoms with E-state index in [9.17, 15) is 5.11 Å². The quantitative estimate of drug-likeness (QED) is 0.773. The van der Waals surface area contributed by atoms with Crippen molar-refractivity contribution >= 4 is 0 Å². The van der Waals surface area contributed by atoms with Crippen molar-refractivity contribution < 1.29 is 5.11 Å². The first-order valence-corrected chi connectivity index (χ1v) is 7.77. The van der Waals surface area contributed by atoms with E-state index < -0.39 is 0 Å². The normalized spacial score (nSPS) is 40.4. The summed E-state index contributed by atoms with van der Waals surface area (Å²) in [5.41, 5.74) is -0.0150. The van der Waals surface area contributed by atoms with Gasteiger partial charge in [0, 0.05) is 30.7 Å². The van der Waals surface area contributed by atoms with Crippen molar-refractivity contribution in [2.75, 3.05) is 40.3 Å². The molecule has 4 heteroatoms. The summed E-state index contributed by atoms with van der Waals surface area (Å²) < 4.78 is 0. The molecule has 0 bridgehead atoms. The van der Waals surface area contributed by atoms with Crippen LogP contribution in [0.1, 0.15) is 33.1 Å². The molecule has 2 fully saturated rings. The fraction of sp³-hybridized carbons (Fsp3) is 1.00. The molecule has 4 nitrogen and oxygen atoms in total. The molecule has 0 aromatic rings. The van der Waals surface area contributed by atoms with Crippen LogP contribution in [0.5, 0.6) is 0 Å². The number of likely N-dealkylation sites (N-methyl/N-ethyl adjacent to an activating group) is 2. The Hall–Kier alpha value is -0.160. The first kappa shape index (κ1) is 15.2. The highest BCUT2D eigenvalue weighted by Crippen LogP contribution is 2.35. The highest BCUT2D eigenvalue weighted by molar-refractivity contribution is 5.01. The van der Waals surface area contributed by atoms with Crippen molar-refractivity contribution in [2.24, 2.45) is 5.92 Å². The van der Waals surface area contributed by atoms with Gasteiger partial charge in [0.05, 0.1) is 6.61 Å². The van der Waals surface area contributed by atoms with Crippen LogP contribution in [0.15, 0.2) is 0 Å². The zero-order valence-electron chi connectivity index (χ0n) is 13.0. The predicted molar refractivity (Wildman–Crippen MR) is 79.3 cm³/mol. The SMILES string of the molecule is CCNC1(CO)CCC(N2CC(C)C(N(C)C)C2)C1. The first-order chi connectivity index (χ1) is 9.01. The summed E-state index contributed by atoms with van der Waals surface area (Å²) in [7, 11) is 4.38. The summed E-state index contributed by atoms with van der Waals surface area (Å²) in [6.07, 6.45) is 3.43. The van der Waals surface area contributed by atoms with Gasteiger partial charge in [0.25, 0.3) is 0 Å². The van der Waals surface area contributed by atoms with Gasteiger partial charge in [-0.05, 0) is 45.8 Å². The molecule has 1 aliphatic carbocycles. The van der Waals surface area contributed by atoms with E-state index in [4.69, 9.17) is 0 Å². The first-order valence-electron chi connectivity index (χ1n) is 7.77. The van der Waals surface area contributed by atoms with E-state index in [0.29, 0.717) is 12.1 Å². The van der Waals surface area contributed by atoms with Crippen LogP contribution in [0.2, 0.25) is 0 Å². The molecule has 1 saturated heterocycles. The van der Waals surface area contributed by atoms with Crippen LogP contribution in [0.25, 0.3) is 0 Å². The highest BCUT2D eigenvalue weighted by atomic mass is 16.3. The lowest BCUT2D eigenvalue weighted by molar-refractivity contribution is 0.149. The van der Waals surface area contributed by atoms with E-state index >= 15 is 0 Å². The monoisotopic (exact) mass is 269 g/mol. The molecule has 0 spiro atoms. The molecule has 1 heterocycles. The van der Waals surface area contributed by atoms with E-state index in [0.717, 1.165) is 25.3 Å². The van der Waals surface area contributed by atoms with Crippen molar-refractivity contribution in [3.63, 3.8) is 0 Å². The Morgan fingerprint density at radius 1 is 1.37 bits per heavy atom. The van der Waals surface area contributed by atoms with Gasteiger partial charge in [-0.25, -0.2) is 0 Å². The van der Waals surface area contributed by atoms with Crippen molar-refractivity contribution in [1.82, 2.24) is 15.1 Å². The molecule has 4 unspecified atom stereocenters. The minimum Gasteiger partial charge on any atom is -0.394 e. The zero-order valence-corrected chi connectivity index (χ0v) is 13.0. The van der Waals surface area contributed by atoms with E-state index in [-0.39, 0.29) is 12.1 Å². The van der Waals surface area contributed by atoms with E-state index in [1.807, 2.05) is 0 Å². The summed E-state index contributed by atoms with van der Waals surface area (Å²) in [4.78, 5) is 5.02. The number of nitrogens with one attached hydrogen (secondary N) is 1. The Bertz CT molecular complexity index is 297. The lowest BCUT2D eigenvalue weighted by Crippen LogP contribution is -2.48. The number of nitrogens with zero attached hydrogens (tertiary/aromatic N) is 2. The topological polar surface area (TPSA) is 38.7 Å². The lowest BCUT2D eigenvalue weighted by Gasteiger charge is -2.30. The number of aliphatic hydroxyl groups excluding tert-OH is 1. The van der Waals surface area contributed by atoms with Crippen LogP contribution >= 0.6 is 0 Å². The molecular formula is C15H31N3O. The van der Waals surface area contributed by atoms with E-state index in [1.165, 1.54) is 19.5 Å². The van der Waals surface area contributed by atoms with Crippen LogP contribution in [0, 0.1) is 5.92 Å². The van der Waals surface area contributed by atoms with Crippen LogP contribution in [-0.4, -0.2) is 72.9 Å². The number of likely N-dealkylation sites (tertiary alicyclic amines) is 1. The van der Waals surface area contributed by atoms with Gasteiger partial charge < -0.3 is 15.3 Å². The Morgan fingerprint density at radius 2 is 2.11 bits per heavy atom. The van der Waals surface area contributed by atoms with E-state index in [2.05, 4.69) is 43.1 Å². The average molecular weight is 269 g/mol. The maximum Gasteiger partial charge on any atom is 0.0613 e. The average Bonchev–Trinajstić information content (AvgIpc) is 2.94. The van der Waals surface area contributed by atoms with Crippen LogP contribution in [0.4, 0.5) is 0 Å². The largest absolute Gasteiger partial charge is 0.394 e. The number of hydrogen-bond acceptors (Lipinski definition) is 4. The number of aliphatic hydroxyl groups is 1. The van der Waals surface area contributed by atoms with Crippen molar-refractivity contribution in [3.05, 3.63) is 0 Å². The number of hydrogen-bond donors (Lipinski definition) is 2. The highest BCUT2D eigenvalue weighted by Gasteiger charge is 2.43. The van der Waals surface area contributed by atoms with Gasteiger partial charge in [0.2, 0.25) is 0 Å². The van der Waals surface area contributed by atoms with Crippen LogP contribution in [-0.2, 0) is 0 Å². The Labute approximate surface area is 118 Å². The third-order valence-electron chi connectivity index (χ3n) is 5.22. The molecule has 112 valence electrons. The van der Waals surface area contributed by atoms with Crippen LogP contribution < -0.4 is 5.32 Å². The lowest BCUT2D eigenvalue weighted by atomic mass is 9.98. The third-order valence-corrected chi connectivity index (χ3v) is 5.22. The minimum atomic E-state index is -0.0150. The molecule has 0 aromatic carbocycles. The summed E-state index contributed by atoms with van der Waals surface area (Å²) in [6.45, 7) is 8.11. The Balaban J connectivity index is 1.95. The minimum absolute atomic E-state index is 0.0150. The fourth-order valence-corrected chi connectivity index (χ4v) is 4.10. The second kappa shape index (κ2) is 6.08. The molecule has 0 aromatic heterocycles. The van der Waals surface area contributed by atoms with Crippen molar-refractivity contribution in [2.45, 2.75) is 50.7 Å². The predicted octanol–water partition coefficient (Wildman–Crippen LogP) is 0.761. The van der Waals surface area contributed by atoms with E-state index in [1.54, 1.807) is 0 Å². The zero-order chi connectivity index (χ0) is 14.0. The molecule has 1 aliphatic heterocycles. The van der Waals surface area contributed by atoms with Crippen molar-refractivity contribution in [1.29, 1.82) is 0 Å². The summed E-state index contributed by atoms with van der Waals surface area (Å²) in [6, 6.07) is 1.34. The fourth-order valence-electron chi connectivity index (χ4n) is 4.10. The summed E-state index contributed by atoms with van der Waals surface area (Å²) >= 11 is 0. The van der Waals surface area contributed by atoms with Crippen molar-refractivity contribution in [3.8, 4) is 0 Å². The second-order valence-electron chi connectivity index (χ2n) is 6.83. The molecule has 0 amide bonds. The molecule has 0 radical (unpaired) electrons. The summed E-state index contributed by atoms with van der Waals surface area (Å²) in [5.74, 6) is 0.748. The van der Waals surface area contributed by atoms with Gasteiger partial charge in [0.1, 0.15) is 0 Å². The molecule has 4 atom stereocenters. The van der Waals surface area contributed by atoms with Gasteiger partial charge in [-0.3, -0.25) is 4.90 Å². The summed E-state index contributed by atoms with van der Waals surface area (Å²) in [5, 5.41) is 13.2. The third kappa shape index (κ3) is 3.13. The van der Waals surface area contributed by atoms with Crippen LogP contribution in [0.3, 0.4) is 0 Å². The Morgan fingerprint density at radius 3 is 2.63 bits per heavy atom. The molecule has 2 N–H and O–H groups in total. The van der Waals surface area contributed by atoms with Gasteiger partial charge in [0.15, 0.2) is 0 Å². The van der Waals surface area contributed by atoms with Gasteiger partial charge in [-0.1, -0.05) is 13.8 Å². The molecule has 19 heavy (non-hydrogen) atoms. The molecule has 2 rings (SSSR count). The second-order valence-corrected chi connectivity index (χ2v) is 6.83. The maximum atomic E-state index is 9.71. The molecular weight excluding hydrogens is 238 g/mol. The standard InChI is InChI=1S/C15H31N3O/c1-5-16-15(11-19)7-6-13(8-15)18-9-12(2)14(10-18)17(3)4/h12-14,16,19H,5-11H2,1-4H3. The Kier molecular flexibility index (Phi) is 4.88. The molecule has 2 aliphatic rings. The van der Waals surface area contributed by atoms with Gasteiger partial charge in [-0.15, -0.1) is 0 Å². The number of rotatable bonds is 5. The van der Waals surface area contributed by atoms with Gasteiger partial charge in [-0.2, -0.15) is 0 Å². The smallest absolute Gasteiger partial charge is 0.0613 e. The molecule has 1 saturated carbocycles. The van der Waals surface area contributed by atoms with Gasteiger partial charge >= 0.3 is 0 Å². The maximum absolute atomic E-state index is 9.71.